The maximum Gasteiger partial charge on any atom is 0.332 e. The number of hydrogen-bond donors (Lipinski definition) is 1. The molecule has 0 bridgehead atoms. The Morgan fingerprint density at radius 1 is 1.45 bits per heavy atom. The average molecular weight is 304 g/mol. The van der Waals surface area contributed by atoms with Crippen LogP contribution in [0.5, 0.6) is 0 Å². The van der Waals surface area contributed by atoms with Crippen molar-refractivity contribution in [2.24, 2.45) is 0 Å². The molecule has 0 aliphatic carbocycles. The van der Waals surface area contributed by atoms with E-state index in [1.54, 1.807) is 6.92 Å². The van der Waals surface area contributed by atoms with Gasteiger partial charge in [-0.25, -0.2) is 9.18 Å². The number of amides is 1. The van der Waals surface area contributed by atoms with Crippen molar-refractivity contribution in [2.75, 3.05) is 18.5 Å². The second kappa shape index (κ2) is 7.81. The summed E-state index contributed by atoms with van der Waals surface area (Å²) in [5, 5.41) is 2.50. The summed E-state index contributed by atoms with van der Waals surface area (Å²) in [5.74, 6) is -1.72. The molecule has 0 aliphatic rings. The molecule has 1 amide bonds. The fourth-order valence-corrected chi connectivity index (χ4v) is 1.51. The number of ether oxygens (including phenoxy) is 2. The van der Waals surface area contributed by atoms with Crippen molar-refractivity contribution in [3.63, 3.8) is 0 Å². The van der Waals surface area contributed by atoms with Gasteiger partial charge in [0.15, 0.2) is 6.10 Å². The average Bonchev–Trinajstić information content (AvgIpc) is 2.39. The lowest BCUT2D eigenvalue weighted by Gasteiger charge is -2.14. The molecule has 0 spiro atoms. The van der Waals surface area contributed by atoms with Gasteiger partial charge in [-0.2, -0.15) is 0 Å². The quantitative estimate of drug-likeness (QED) is 0.820. The molecule has 0 aliphatic heterocycles. The van der Waals surface area contributed by atoms with E-state index in [1.165, 1.54) is 13.0 Å². The van der Waals surface area contributed by atoms with Crippen LogP contribution in [0, 0.1) is 5.82 Å². The molecule has 0 fully saturated rings. The molecule has 1 rings (SSSR count). The van der Waals surface area contributed by atoms with Crippen LogP contribution in [0.15, 0.2) is 18.2 Å². The van der Waals surface area contributed by atoms with Gasteiger partial charge in [0.1, 0.15) is 12.4 Å². The second-order valence-electron chi connectivity index (χ2n) is 3.88. The van der Waals surface area contributed by atoms with Crippen LogP contribution in [0.3, 0.4) is 0 Å². The summed E-state index contributed by atoms with van der Waals surface area (Å²) in [7, 11) is 0. The number of carbonyl (C=O) groups excluding carboxylic acids is 2. The summed E-state index contributed by atoms with van der Waals surface area (Å²) in [4.78, 5) is 23.1. The number of hydrogen-bond acceptors (Lipinski definition) is 4. The van der Waals surface area contributed by atoms with Crippen LogP contribution in [-0.4, -0.2) is 31.2 Å². The molecule has 1 N–H and O–H groups in total. The second-order valence-corrected chi connectivity index (χ2v) is 4.29. The van der Waals surface area contributed by atoms with Crippen LogP contribution in [0.4, 0.5) is 10.1 Å². The monoisotopic (exact) mass is 303 g/mol. The molecule has 1 atom stereocenters. The highest BCUT2D eigenvalue weighted by Crippen LogP contribution is 2.22. The van der Waals surface area contributed by atoms with Crippen LogP contribution in [-0.2, 0) is 19.1 Å². The van der Waals surface area contributed by atoms with Crippen molar-refractivity contribution in [1.82, 2.24) is 0 Å². The smallest absolute Gasteiger partial charge is 0.332 e. The molecule has 0 saturated carbocycles. The summed E-state index contributed by atoms with van der Waals surface area (Å²) in [6.45, 7) is 3.31. The minimum absolute atomic E-state index is 0.0613. The number of esters is 1. The lowest BCUT2D eigenvalue weighted by Crippen LogP contribution is -2.31. The van der Waals surface area contributed by atoms with Gasteiger partial charge in [0.25, 0.3) is 5.91 Å². The van der Waals surface area contributed by atoms with Gasteiger partial charge in [-0.05, 0) is 32.0 Å². The van der Waals surface area contributed by atoms with Gasteiger partial charge in [0, 0.05) is 6.61 Å². The van der Waals surface area contributed by atoms with Gasteiger partial charge in [-0.15, -0.1) is 0 Å². The first kappa shape index (κ1) is 16.4. The van der Waals surface area contributed by atoms with E-state index in [4.69, 9.17) is 21.1 Å². The van der Waals surface area contributed by atoms with Gasteiger partial charge in [-0.1, -0.05) is 11.6 Å². The molecule has 0 radical (unpaired) electrons. The molecule has 20 heavy (non-hydrogen) atoms. The standard InChI is InChI=1S/C13H15ClFNO4/c1-3-19-7-12(17)20-8(2)13(18)16-11-5-4-9(15)6-10(11)14/h4-6,8H,3,7H2,1-2H3,(H,16,18)/t8-/m0/s1. The van der Waals surface area contributed by atoms with E-state index in [0.29, 0.717) is 6.61 Å². The number of benzene rings is 1. The summed E-state index contributed by atoms with van der Waals surface area (Å²) in [6.07, 6.45) is -1.01. The van der Waals surface area contributed by atoms with E-state index in [-0.39, 0.29) is 17.3 Å². The van der Waals surface area contributed by atoms with Crippen molar-refractivity contribution < 1.29 is 23.5 Å². The van der Waals surface area contributed by atoms with Crippen LogP contribution >= 0.6 is 11.6 Å². The van der Waals surface area contributed by atoms with Crippen molar-refractivity contribution in [3.8, 4) is 0 Å². The molecule has 1 aromatic rings. The van der Waals surface area contributed by atoms with E-state index >= 15 is 0 Å². The first-order valence-electron chi connectivity index (χ1n) is 5.97. The molecule has 0 heterocycles. The molecule has 0 unspecified atom stereocenters. The van der Waals surface area contributed by atoms with E-state index < -0.39 is 23.8 Å². The van der Waals surface area contributed by atoms with Crippen LogP contribution in [0.1, 0.15) is 13.8 Å². The lowest BCUT2D eigenvalue weighted by atomic mass is 10.3. The summed E-state index contributed by atoms with van der Waals surface area (Å²) >= 11 is 5.77. The van der Waals surface area contributed by atoms with E-state index in [1.807, 2.05) is 0 Å². The molecule has 0 saturated heterocycles. The molecule has 110 valence electrons. The fraction of sp³-hybridized carbons (Fsp3) is 0.385. The minimum Gasteiger partial charge on any atom is -0.451 e. The SMILES string of the molecule is CCOCC(=O)O[C@@H](C)C(=O)Nc1ccc(F)cc1Cl. The van der Waals surface area contributed by atoms with Crippen LogP contribution in [0.25, 0.3) is 0 Å². The van der Waals surface area contributed by atoms with E-state index in [9.17, 15) is 14.0 Å². The Morgan fingerprint density at radius 3 is 2.75 bits per heavy atom. The molecule has 0 aromatic heterocycles. The Labute approximate surface area is 121 Å². The predicted octanol–water partition coefficient (Wildman–Crippen LogP) is 2.39. The first-order chi connectivity index (χ1) is 9.43. The van der Waals surface area contributed by atoms with Gasteiger partial charge in [0.2, 0.25) is 0 Å². The Bertz CT molecular complexity index is 495. The van der Waals surface area contributed by atoms with Crippen molar-refractivity contribution in [2.45, 2.75) is 20.0 Å². The summed E-state index contributed by atoms with van der Waals surface area (Å²) < 4.78 is 22.6. The fourth-order valence-electron chi connectivity index (χ4n) is 1.30. The van der Waals surface area contributed by atoms with Gasteiger partial charge >= 0.3 is 5.97 Å². The first-order valence-corrected chi connectivity index (χ1v) is 6.35. The summed E-state index contributed by atoms with van der Waals surface area (Å²) in [5.41, 5.74) is 0.241. The van der Waals surface area contributed by atoms with Gasteiger partial charge < -0.3 is 14.8 Å². The van der Waals surface area contributed by atoms with Gasteiger partial charge in [-0.3, -0.25) is 4.79 Å². The third-order valence-electron chi connectivity index (χ3n) is 2.29. The number of nitrogens with one attached hydrogen (secondary N) is 1. The maximum absolute atomic E-state index is 12.9. The molecular weight excluding hydrogens is 289 g/mol. The van der Waals surface area contributed by atoms with E-state index in [0.717, 1.165) is 12.1 Å². The molecule has 7 heteroatoms. The molecule has 5 nitrogen and oxygen atoms in total. The number of rotatable bonds is 6. The Balaban J connectivity index is 2.55. The third-order valence-corrected chi connectivity index (χ3v) is 2.60. The zero-order chi connectivity index (χ0) is 15.1. The normalized spacial score (nSPS) is 11.8. The summed E-state index contributed by atoms with van der Waals surface area (Å²) in [6, 6.07) is 3.56. The Kier molecular flexibility index (Phi) is 6.41. The third kappa shape index (κ3) is 5.14. The largest absolute Gasteiger partial charge is 0.451 e. The predicted molar refractivity (Wildman–Crippen MR) is 72.1 cm³/mol. The minimum atomic E-state index is -1.01. The van der Waals surface area contributed by atoms with Crippen LogP contribution < -0.4 is 5.32 Å². The van der Waals surface area contributed by atoms with E-state index in [2.05, 4.69) is 5.32 Å². The highest BCUT2D eigenvalue weighted by Gasteiger charge is 2.18. The lowest BCUT2D eigenvalue weighted by molar-refractivity contribution is -0.157. The number of anilines is 1. The van der Waals surface area contributed by atoms with Crippen molar-refractivity contribution in [3.05, 3.63) is 29.0 Å². The van der Waals surface area contributed by atoms with Gasteiger partial charge in [0.05, 0.1) is 10.7 Å². The Hall–Kier alpha value is -1.66. The van der Waals surface area contributed by atoms with Crippen molar-refractivity contribution in [1.29, 1.82) is 0 Å². The zero-order valence-electron chi connectivity index (χ0n) is 11.1. The highest BCUT2D eigenvalue weighted by molar-refractivity contribution is 6.33. The zero-order valence-corrected chi connectivity index (χ0v) is 11.9. The van der Waals surface area contributed by atoms with Crippen molar-refractivity contribution >= 4 is 29.2 Å². The van der Waals surface area contributed by atoms with Crippen LogP contribution in [0.2, 0.25) is 5.02 Å². The maximum atomic E-state index is 12.9. The number of halogens is 2. The highest BCUT2D eigenvalue weighted by atomic mass is 35.5. The Morgan fingerprint density at radius 2 is 2.15 bits per heavy atom. The molecular formula is C13H15ClFNO4. The molecule has 1 aromatic carbocycles. The number of carbonyl (C=O) groups is 2. The topological polar surface area (TPSA) is 64.6 Å².